The Kier molecular flexibility index (Phi) is 5.68. The van der Waals surface area contributed by atoms with E-state index in [1.807, 2.05) is 6.92 Å². The molecule has 0 saturated carbocycles. The fourth-order valence-corrected chi connectivity index (χ4v) is 3.35. The summed E-state index contributed by atoms with van der Waals surface area (Å²) in [4.78, 5) is 26.9. The number of phenols is 1. The number of aliphatic hydroxyl groups is 1. The van der Waals surface area contributed by atoms with Gasteiger partial charge in [-0.25, -0.2) is 0 Å². The molecule has 1 aliphatic heterocycles. The number of methoxy groups -OCH3 is 1. The van der Waals surface area contributed by atoms with Crippen molar-refractivity contribution in [1.82, 2.24) is 4.90 Å². The summed E-state index contributed by atoms with van der Waals surface area (Å²) in [5.74, 6) is -0.846. The molecule has 0 radical (unpaired) electrons. The topological polar surface area (TPSA) is 87.1 Å². The molecule has 28 heavy (non-hydrogen) atoms. The minimum absolute atomic E-state index is 0.0527. The van der Waals surface area contributed by atoms with E-state index in [2.05, 4.69) is 0 Å². The van der Waals surface area contributed by atoms with Gasteiger partial charge in [-0.1, -0.05) is 25.5 Å². The normalized spacial score (nSPS) is 18.5. The second kappa shape index (κ2) is 8.17. The molecule has 0 aliphatic carbocycles. The highest BCUT2D eigenvalue weighted by Gasteiger charge is 2.45. The van der Waals surface area contributed by atoms with Gasteiger partial charge in [-0.05, 0) is 48.4 Å². The first kappa shape index (κ1) is 19.5. The van der Waals surface area contributed by atoms with Gasteiger partial charge in [-0.2, -0.15) is 0 Å². The zero-order valence-corrected chi connectivity index (χ0v) is 15.9. The van der Waals surface area contributed by atoms with Crippen LogP contribution < -0.4 is 4.74 Å². The number of Topliss-reactive ketones (excluding diaryl/α,β-unsaturated/α-hetero) is 1. The maximum atomic E-state index is 12.8. The molecule has 1 amide bonds. The van der Waals surface area contributed by atoms with E-state index in [-0.39, 0.29) is 17.1 Å². The summed E-state index contributed by atoms with van der Waals surface area (Å²) in [6, 6.07) is 12.3. The second-order valence-electron chi connectivity index (χ2n) is 6.67. The molecule has 6 heteroatoms. The van der Waals surface area contributed by atoms with Crippen molar-refractivity contribution in [3.05, 3.63) is 65.2 Å². The van der Waals surface area contributed by atoms with E-state index in [1.165, 1.54) is 17.0 Å². The zero-order valence-electron chi connectivity index (χ0n) is 15.9. The lowest BCUT2D eigenvalue weighted by Gasteiger charge is -2.25. The number of rotatable bonds is 6. The Morgan fingerprint density at radius 1 is 1.07 bits per heavy atom. The molecule has 0 bridgehead atoms. The summed E-state index contributed by atoms with van der Waals surface area (Å²) in [7, 11) is 1.54. The number of ether oxygens (including phenoxy) is 1. The summed E-state index contributed by atoms with van der Waals surface area (Å²) >= 11 is 0. The minimum Gasteiger partial charge on any atom is -0.508 e. The number of aromatic hydroxyl groups is 1. The number of carbonyl (C=O) groups is 2. The van der Waals surface area contributed by atoms with Crippen molar-refractivity contribution in [2.45, 2.75) is 25.8 Å². The van der Waals surface area contributed by atoms with Gasteiger partial charge in [-0.15, -0.1) is 0 Å². The Bertz CT molecular complexity index is 900. The molecule has 3 rings (SSSR count). The number of unbranched alkanes of at least 4 members (excludes halogenated alkanes) is 1. The molecular formula is C22H23NO5. The highest BCUT2D eigenvalue weighted by atomic mass is 16.5. The molecule has 1 heterocycles. The molecule has 0 spiro atoms. The van der Waals surface area contributed by atoms with Crippen LogP contribution in [-0.2, 0) is 9.59 Å². The van der Waals surface area contributed by atoms with Gasteiger partial charge < -0.3 is 19.8 Å². The number of aliphatic hydroxyl groups excluding tert-OH is 1. The average Bonchev–Trinajstić information content (AvgIpc) is 2.97. The molecule has 6 nitrogen and oxygen atoms in total. The van der Waals surface area contributed by atoms with Gasteiger partial charge >= 0.3 is 0 Å². The number of carbonyl (C=O) groups excluding carboxylic acids is 2. The van der Waals surface area contributed by atoms with Gasteiger partial charge in [0.05, 0.1) is 18.7 Å². The van der Waals surface area contributed by atoms with Crippen molar-refractivity contribution < 1.29 is 24.5 Å². The molecular weight excluding hydrogens is 358 g/mol. The van der Waals surface area contributed by atoms with Crippen LogP contribution >= 0.6 is 0 Å². The first-order valence-electron chi connectivity index (χ1n) is 9.19. The van der Waals surface area contributed by atoms with Crippen molar-refractivity contribution in [2.24, 2.45) is 0 Å². The van der Waals surface area contributed by atoms with Crippen LogP contribution in [0.4, 0.5) is 0 Å². The number of hydrogen-bond acceptors (Lipinski definition) is 5. The lowest BCUT2D eigenvalue weighted by molar-refractivity contribution is -0.139. The van der Waals surface area contributed by atoms with Crippen molar-refractivity contribution in [1.29, 1.82) is 0 Å². The molecule has 1 fully saturated rings. The fraction of sp³-hybridized carbons (Fsp3) is 0.273. The maximum absolute atomic E-state index is 12.8. The zero-order chi connectivity index (χ0) is 20.3. The third-order valence-electron chi connectivity index (χ3n) is 4.86. The number of hydrogen-bond donors (Lipinski definition) is 2. The van der Waals surface area contributed by atoms with Crippen molar-refractivity contribution in [2.75, 3.05) is 13.7 Å². The standard InChI is InChI=1S/C22H23NO5/c1-3-4-13-23-19(14-5-9-16(24)10-6-14)18(21(26)22(23)27)20(25)15-7-11-17(28-2)12-8-15/h5-12,19,24-25H,3-4,13H2,1-2H3/b20-18-. The number of nitrogens with zero attached hydrogens (tertiary/aromatic N) is 1. The fourth-order valence-electron chi connectivity index (χ4n) is 3.35. The van der Waals surface area contributed by atoms with Gasteiger partial charge in [-0.3, -0.25) is 9.59 Å². The second-order valence-corrected chi connectivity index (χ2v) is 6.67. The molecule has 1 atom stereocenters. The van der Waals surface area contributed by atoms with Gasteiger partial charge in [0, 0.05) is 12.1 Å². The Balaban J connectivity index is 2.12. The third kappa shape index (κ3) is 3.58. The quantitative estimate of drug-likeness (QED) is 0.453. The average molecular weight is 381 g/mol. The number of phenolic OH excluding ortho intramolecular Hbond substituents is 1. The maximum Gasteiger partial charge on any atom is 0.295 e. The number of benzene rings is 2. The molecule has 0 aromatic heterocycles. The van der Waals surface area contributed by atoms with E-state index in [4.69, 9.17) is 4.74 Å². The Morgan fingerprint density at radius 2 is 1.71 bits per heavy atom. The van der Waals surface area contributed by atoms with Crippen molar-refractivity contribution in [3.63, 3.8) is 0 Å². The van der Waals surface area contributed by atoms with E-state index in [9.17, 15) is 19.8 Å². The Labute approximate surface area is 163 Å². The van der Waals surface area contributed by atoms with Crippen LogP contribution in [0, 0.1) is 0 Å². The predicted octanol–water partition coefficient (Wildman–Crippen LogP) is 3.62. The lowest BCUT2D eigenvalue weighted by Crippen LogP contribution is -2.30. The van der Waals surface area contributed by atoms with Gasteiger partial charge in [0.25, 0.3) is 11.7 Å². The van der Waals surface area contributed by atoms with Crippen molar-refractivity contribution in [3.8, 4) is 11.5 Å². The number of amides is 1. The van der Waals surface area contributed by atoms with Crippen LogP contribution in [-0.4, -0.2) is 40.5 Å². The molecule has 146 valence electrons. The third-order valence-corrected chi connectivity index (χ3v) is 4.86. The van der Waals surface area contributed by atoms with Crippen LogP contribution in [0.15, 0.2) is 54.1 Å². The summed E-state index contributed by atoms with van der Waals surface area (Å²) < 4.78 is 5.12. The van der Waals surface area contributed by atoms with E-state index < -0.39 is 17.7 Å². The largest absolute Gasteiger partial charge is 0.508 e. The highest BCUT2D eigenvalue weighted by Crippen LogP contribution is 2.40. The SMILES string of the molecule is CCCCN1C(=O)C(=O)/C(=C(\O)c2ccc(OC)cc2)C1c1ccc(O)cc1. The number of likely N-dealkylation sites (tertiary alicyclic amines) is 1. The molecule has 2 aromatic rings. The van der Waals surface area contributed by atoms with Gasteiger partial charge in [0.2, 0.25) is 0 Å². The summed E-state index contributed by atoms with van der Waals surface area (Å²) in [6.45, 7) is 2.41. The van der Waals surface area contributed by atoms with Crippen LogP contribution in [0.3, 0.4) is 0 Å². The van der Waals surface area contributed by atoms with Crippen LogP contribution in [0.5, 0.6) is 11.5 Å². The minimum atomic E-state index is -0.706. The van der Waals surface area contributed by atoms with E-state index >= 15 is 0 Å². The van der Waals surface area contributed by atoms with Crippen LogP contribution in [0.2, 0.25) is 0 Å². The smallest absolute Gasteiger partial charge is 0.295 e. The van der Waals surface area contributed by atoms with E-state index in [1.54, 1.807) is 43.5 Å². The van der Waals surface area contributed by atoms with Crippen LogP contribution in [0.25, 0.3) is 5.76 Å². The first-order valence-corrected chi connectivity index (χ1v) is 9.19. The summed E-state index contributed by atoms with van der Waals surface area (Å²) in [6.07, 6.45) is 1.61. The van der Waals surface area contributed by atoms with E-state index in [0.29, 0.717) is 23.4 Å². The van der Waals surface area contributed by atoms with Gasteiger partial charge in [0.1, 0.15) is 17.3 Å². The van der Waals surface area contributed by atoms with E-state index in [0.717, 1.165) is 12.8 Å². The highest BCUT2D eigenvalue weighted by molar-refractivity contribution is 6.46. The predicted molar refractivity (Wildman–Crippen MR) is 105 cm³/mol. The van der Waals surface area contributed by atoms with Crippen LogP contribution in [0.1, 0.15) is 36.9 Å². The molecule has 2 aromatic carbocycles. The number of ketones is 1. The molecule has 2 N–H and O–H groups in total. The molecule has 1 aliphatic rings. The lowest BCUT2D eigenvalue weighted by atomic mass is 9.95. The van der Waals surface area contributed by atoms with Gasteiger partial charge in [0.15, 0.2) is 0 Å². The summed E-state index contributed by atoms with van der Waals surface area (Å²) in [5, 5.41) is 20.5. The Morgan fingerprint density at radius 3 is 2.29 bits per heavy atom. The molecule has 1 saturated heterocycles. The molecule has 1 unspecified atom stereocenters. The Hall–Kier alpha value is -3.28. The van der Waals surface area contributed by atoms with Crippen molar-refractivity contribution >= 4 is 17.4 Å². The monoisotopic (exact) mass is 381 g/mol. The summed E-state index contributed by atoms with van der Waals surface area (Å²) in [5.41, 5.74) is 1.14. The first-order chi connectivity index (χ1) is 13.5.